The Morgan fingerprint density at radius 1 is 0.897 bits per heavy atom. The number of hydrogen-bond donors (Lipinski definition) is 0. The predicted molar refractivity (Wildman–Crippen MR) is 133 cm³/mol. The number of carbonyl (C=O) groups is 3. The van der Waals surface area contributed by atoms with E-state index in [1.807, 2.05) is 30.3 Å². The third-order valence-electron chi connectivity index (χ3n) is 7.38. The summed E-state index contributed by atoms with van der Waals surface area (Å²) in [5.74, 6) is -4.35. The molecule has 0 aromatic heterocycles. The highest BCUT2D eigenvalue weighted by Crippen LogP contribution is 2.51. The molecule has 0 spiro atoms. The summed E-state index contributed by atoms with van der Waals surface area (Å²) in [6, 6.07) is 21.4. The minimum atomic E-state index is -1.03. The SMILES string of the molecule is CC(C)(Oc1cc(C(=O)OC2C3OC(=O)C4C3OC2C4C(=O)Oc2ccccc2)ccc1F)c1ccccc1. The van der Waals surface area contributed by atoms with Crippen molar-refractivity contribution >= 4 is 17.9 Å². The molecule has 3 aliphatic rings. The first-order chi connectivity index (χ1) is 18.7. The first-order valence-corrected chi connectivity index (χ1v) is 12.6. The van der Waals surface area contributed by atoms with Crippen LogP contribution in [0.3, 0.4) is 0 Å². The number of hydrogen-bond acceptors (Lipinski definition) is 8. The van der Waals surface area contributed by atoms with Crippen molar-refractivity contribution in [2.45, 2.75) is 43.9 Å². The zero-order chi connectivity index (χ0) is 27.3. The van der Waals surface area contributed by atoms with E-state index in [2.05, 4.69) is 0 Å². The molecule has 0 saturated carbocycles. The molecule has 3 aliphatic heterocycles. The van der Waals surface area contributed by atoms with Crippen LogP contribution in [-0.2, 0) is 29.4 Å². The molecule has 0 amide bonds. The van der Waals surface area contributed by atoms with E-state index in [1.54, 1.807) is 44.2 Å². The molecule has 0 radical (unpaired) electrons. The minimum Gasteiger partial charge on any atom is -0.480 e. The van der Waals surface area contributed by atoms with Crippen LogP contribution >= 0.6 is 0 Å². The lowest BCUT2D eigenvalue weighted by atomic mass is 9.78. The largest absolute Gasteiger partial charge is 0.480 e. The standard InChI is InChI=1S/C30H25FO8/c1-30(2,17-9-5-3-6-10-17)39-20-15-16(13-14-19(20)31)27(32)37-25-23-21(22-24(36-23)26(25)38-29(22)34)28(33)35-18-11-7-4-8-12-18/h3-15,21-26H,1-2H3. The van der Waals surface area contributed by atoms with Crippen molar-refractivity contribution in [1.29, 1.82) is 0 Å². The molecule has 3 saturated heterocycles. The Morgan fingerprint density at radius 3 is 2.31 bits per heavy atom. The van der Waals surface area contributed by atoms with Crippen LogP contribution in [0.2, 0.25) is 0 Å². The Hall–Kier alpha value is -4.24. The normalized spacial score (nSPS) is 26.7. The average Bonchev–Trinajstić information content (AvgIpc) is 3.55. The van der Waals surface area contributed by atoms with Gasteiger partial charge in [-0.15, -0.1) is 0 Å². The maximum absolute atomic E-state index is 14.7. The summed E-state index contributed by atoms with van der Waals surface area (Å²) < 4.78 is 43.2. The summed E-state index contributed by atoms with van der Waals surface area (Å²) >= 11 is 0. The van der Waals surface area contributed by atoms with Crippen molar-refractivity contribution in [2.24, 2.45) is 11.8 Å². The average molecular weight is 533 g/mol. The van der Waals surface area contributed by atoms with Gasteiger partial charge in [-0.05, 0) is 49.7 Å². The molecule has 6 rings (SSSR count). The third kappa shape index (κ3) is 4.42. The Kier molecular flexibility index (Phi) is 6.10. The zero-order valence-electron chi connectivity index (χ0n) is 21.1. The first kappa shape index (κ1) is 25.1. The summed E-state index contributed by atoms with van der Waals surface area (Å²) in [4.78, 5) is 38.8. The smallest absolute Gasteiger partial charge is 0.338 e. The van der Waals surface area contributed by atoms with Gasteiger partial charge in [0.1, 0.15) is 35.4 Å². The van der Waals surface area contributed by atoms with E-state index in [1.165, 1.54) is 12.1 Å². The fourth-order valence-corrected chi connectivity index (χ4v) is 5.49. The molecule has 6 unspecified atom stereocenters. The second-order valence-corrected chi connectivity index (χ2v) is 10.2. The van der Waals surface area contributed by atoms with Crippen LogP contribution in [0.1, 0.15) is 29.8 Å². The Balaban J connectivity index is 1.21. The van der Waals surface area contributed by atoms with Gasteiger partial charge in [0.2, 0.25) is 0 Å². The first-order valence-electron chi connectivity index (χ1n) is 12.6. The molecular weight excluding hydrogens is 507 g/mol. The van der Waals surface area contributed by atoms with Gasteiger partial charge in [0.15, 0.2) is 23.8 Å². The fourth-order valence-electron chi connectivity index (χ4n) is 5.49. The Labute approximate surface area is 223 Å². The number of halogens is 1. The highest BCUT2D eigenvalue weighted by molar-refractivity contribution is 5.91. The van der Waals surface area contributed by atoms with Gasteiger partial charge in [-0.2, -0.15) is 0 Å². The van der Waals surface area contributed by atoms with Gasteiger partial charge in [-0.1, -0.05) is 48.5 Å². The maximum Gasteiger partial charge on any atom is 0.338 e. The quantitative estimate of drug-likeness (QED) is 0.330. The lowest BCUT2D eigenvalue weighted by Crippen LogP contribution is -2.48. The van der Waals surface area contributed by atoms with E-state index in [0.717, 1.165) is 11.6 Å². The number of para-hydroxylation sites is 1. The maximum atomic E-state index is 14.7. The van der Waals surface area contributed by atoms with Crippen molar-refractivity contribution in [2.75, 3.05) is 0 Å². The monoisotopic (exact) mass is 532 g/mol. The number of esters is 3. The van der Waals surface area contributed by atoms with Gasteiger partial charge in [0.05, 0.1) is 5.56 Å². The molecule has 3 aromatic carbocycles. The molecule has 6 atom stereocenters. The lowest BCUT2D eigenvalue weighted by Gasteiger charge is -2.28. The van der Waals surface area contributed by atoms with Crippen LogP contribution in [0.15, 0.2) is 78.9 Å². The molecular formula is C30H25FO8. The molecule has 2 bridgehead atoms. The molecule has 3 aromatic rings. The number of benzene rings is 3. The summed E-state index contributed by atoms with van der Waals surface area (Å²) in [7, 11) is 0. The van der Waals surface area contributed by atoms with Gasteiger partial charge in [-0.25, -0.2) is 9.18 Å². The van der Waals surface area contributed by atoms with Crippen molar-refractivity contribution in [3.63, 3.8) is 0 Å². The summed E-state index contributed by atoms with van der Waals surface area (Å²) in [5.41, 5.74) is -0.0347. The third-order valence-corrected chi connectivity index (χ3v) is 7.38. The van der Waals surface area contributed by atoms with Crippen molar-refractivity contribution in [1.82, 2.24) is 0 Å². The van der Waals surface area contributed by atoms with E-state index in [9.17, 15) is 18.8 Å². The fraction of sp³-hybridized carbons (Fsp3) is 0.300. The second-order valence-electron chi connectivity index (χ2n) is 10.2. The minimum absolute atomic E-state index is 0.0299. The molecule has 3 fully saturated rings. The molecule has 3 heterocycles. The number of ether oxygens (including phenoxy) is 5. The van der Waals surface area contributed by atoms with Crippen LogP contribution in [0.4, 0.5) is 4.39 Å². The topological polar surface area (TPSA) is 97.4 Å². The number of rotatable bonds is 7. The van der Waals surface area contributed by atoms with Crippen molar-refractivity contribution in [3.8, 4) is 11.5 Å². The highest BCUT2D eigenvalue weighted by atomic mass is 19.1. The molecule has 0 N–H and O–H groups in total. The molecule has 200 valence electrons. The summed E-state index contributed by atoms with van der Waals surface area (Å²) in [6.07, 6.45) is -3.53. The van der Waals surface area contributed by atoms with Crippen LogP contribution in [0.25, 0.3) is 0 Å². The van der Waals surface area contributed by atoms with Gasteiger partial charge >= 0.3 is 17.9 Å². The number of carbonyl (C=O) groups excluding carboxylic acids is 3. The predicted octanol–water partition coefficient (Wildman–Crippen LogP) is 4.21. The second kappa shape index (κ2) is 9.50. The van der Waals surface area contributed by atoms with E-state index in [-0.39, 0.29) is 11.3 Å². The lowest BCUT2D eigenvalue weighted by molar-refractivity contribution is -0.149. The van der Waals surface area contributed by atoms with E-state index in [4.69, 9.17) is 23.7 Å². The molecule has 39 heavy (non-hydrogen) atoms. The molecule has 8 nitrogen and oxygen atoms in total. The summed E-state index contributed by atoms with van der Waals surface area (Å²) in [5, 5.41) is 0. The van der Waals surface area contributed by atoms with Crippen LogP contribution in [-0.4, -0.2) is 42.3 Å². The Morgan fingerprint density at radius 2 is 1.59 bits per heavy atom. The van der Waals surface area contributed by atoms with Gasteiger partial charge in [0.25, 0.3) is 0 Å². The van der Waals surface area contributed by atoms with Gasteiger partial charge in [0, 0.05) is 0 Å². The highest BCUT2D eigenvalue weighted by Gasteiger charge is 2.72. The van der Waals surface area contributed by atoms with Crippen LogP contribution in [0, 0.1) is 17.7 Å². The Bertz CT molecular complexity index is 1420. The van der Waals surface area contributed by atoms with Crippen LogP contribution in [0.5, 0.6) is 11.5 Å². The van der Waals surface area contributed by atoms with Crippen LogP contribution < -0.4 is 9.47 Å². The zero-order valence-corrected chi connectivity index (χ0v) is 21.1. The van der Waals surface area contributed by atoms with Gasteiger partial charge in [-0.3, -0.25) is 9.59 Å². The van der Waals surface area contributed by atoms with Crippen molar-refractivity contribution < 1.29 is 42.5 Å². The van der Waals surface area contributed by atoms with E-state index >= 15 is 0 Å². The van der Waals surface area contributed by atoms with E-state index in [0.29, 0.717) is 5.75 Å². The van der Waals surface area contributed by atoms with E-state index < -0.39 is 65.6 Å². The van der Waals surface area contributed by atoms with Crippen molar-refractivity contribution in [3.05, 3.63) is 95.8 Å². The molecule has 9 heteroatoms. The summed E-state index contributed by atoms with van der Waals surface area (Å²) in [6.45, 7) is 3.58. The number of fused-ring (bicyclic) bond motifs is 1. The molecule has 0 aliphatic carbocycles. The van der Waals surface area contributed by atoms with Gasteiger partial charge < -0.3 is 23.7 Å².